The minimum absolute atomic E-state index is 0.286. The molecule has 1 fully saturated rings. The molecule has 5 heteroatoms. The molecule has 1 aromatic heterocycles. The molecule has 0 aromatic carbocycles. The van der Waals surface area contributed by atoms with Crippen LogP contribution in [0.15, 0.2) is 18.5 Å². The lowest BCUT2D eigenvalue weighted by Crippen LogP contribution is -2.35. The molecule has 2 heterocycles. The van der Waals surface area contributed by atoms with Gasteiger partial charge >= 0.3 is 6.18 Å². The maximum Gasteiger partial charge on any atom is 0.417 e. The van der Waals surface area contributed by atoms with E-state index in [0.717, 1.165) is 32.0 Å². The van der Waals surface area contributed by atoms with Crippen LogP contribution in [-0.4, -0.2) is 17.6 Å². The highest BCUT2D eigenvalue weighted by Gasteiger charge is 2.31. The molecule has 0 spiro atoms. The summed E-state index contributed by atoms with van der Waals surface area (Å²) in [5.41, 5.74) is -0.00923. The number of nitrogens with zero attached hydrogens (tertiary/aromatic N) is 1. The van der Waals surface area contributed by atoms with Crippen molar-refractivity contribution in [2.45, 2.75) is 37.9 Å². The van der Waals surface area contributed by atoms with Crippen molar-refractivity contribution in [2.75, 3.05) is 6.54 Å². The molecule has 2 rings (SSSR count). The fourth-order valence-corrected chi connectivity index (χ4v) is 2.14. The van der Waals surface area contributed by atoms with E-state index >= 15 is 0 Å². The van der Waals surface area contributed by atoms with Crippen molar-refractivity contribution in [2.24, 2.45) is 0 Å². The van der Waals surface area contributed by atoms with Crippen LogP contribution in [0.5, 0.6) is 0 Å². The van der Waals surface area contributed by atoms with Crippen LogP contribution < -0.4 is 5.32 Å². The van der Waals surface area contributed by atoms with Gasteiger partial charge in [0.15, 0.2) is 0 Å². The number of halogens is 3. The summed E-state index contributed by atoms with van der Waals surface area (Å²) in [5.74, 6) is 0. The molecule has 1 unspecified atom stereocenters. The van der Waals surface area contributed by atoms with Crippen LogP contribution in [-0.2, 0) is 12.6 Å². The van der Waals surface area contributed by atoms with Crippen LogP contribution in [0.25, 0.3) is 0 Å². The van der Waals surface area contributed by atoms with E-state index in [0.29, 0.717) is 12.0 Å². The van der Waals surface area contributed by atoms with Crippen molar-refractivity contribution in [1.82, 2.24) is 10.3 Å². The third-order valence-corrected chi connectivity index (χ3v) is 3.02. The number of alkyl halides is 3. The van der Waals surface area contributed by atoms with Gasteiger partial charge < -0.3 is 5.32 Å². The molecule has 17 heavy (non-hydrogen) atoms. The van der Waals surface area contributed by atoms with Gasteiger partial charge in [-0.15, -0.1) is 0 Å². The molecule has 1 aliphatic rings. The summed E-state index contributed by atoms with van der Waals surface area (Å²) in [7, 11) is 0. The molecule has 0 radical (unpaired) electrons. The van der Waals surface area contributed by atoms with Gasteiger partial charge in [0.25, 0.3) is 0 Å². The number of hydrogen-bond donors (Lipinski definition) is 1. The van der Waals surface area contributed by atoms with E-state index < -0.39 is 11.7 Å². The molecule has 1 N–H and O–H groups in total. The second-order valence-corrected chi connectivity index (χ2v) is 4.43. The Labute approximate surface area is 98.2 Å². The predicted molar refractivity (Wildman–Crippen MR) is 58.6 cm³/mol. The highest BCUT2D eigenvalue weighted by Crippen LogP contribution is 2.29. The molecule has 0 bridgehead atoms. The standard InChI is InChI=1S/C12H15F3N2/c13-12(14,15)10-5-9(7-16-8-10)6-11-3-1-2-4-17-11/h5,7-8,11,17H,1-4,6H2. The first-order valence-electron chi connectivity index (χ1n) is 5.80. The Kier molecular flexibility index (Phi) is 3.66. The zero-order chi connectivity index (χ0) is 12.3. The molecule has 94 valence electrons. The van der Waals surface area contributed by atoms with Crippen molar-refractivity contribution in [3.05, 3.63) is 29.6 Å². The fourth-order valence-electron chi connectivity index (χ4n) is 2.14. The average molecular weight is 244 g/mol. The van der Waals surface area contributed by atoms with Crippen molar-refractivity contribution >= 4 is 0 Å². The van der Waals surface area contributed by atoms with Crippen molar-refractivity contribution in [1.29, 1.82) is 0 Å². The third-order valence-electron chi connectivity index (χ3n) is 3.02. The van der Waals surface area contributed by atoms with Crippen LogP contribution in [0.2, 0.25) is 0 Å². The summed E-state index contributed by atoms with van der Waals surface area (Å²) in [5, 5.41) is 3.32. The number of piperidine rings is 1. The summed E-state index contributed by atoms with van der Waals surface area (Å²) in [6, 6.07) is 1.48. The monoisotopic (exact) mass is 244 g/mol. The molecule has 1 saturated heterocycles. The molecule has 2 nitrogen and oxygen atoms in total. The van der Waals surface area contributed by atoms with E-state index in [9.17, 15) is 13.2 Å². The molecule has 0 aliphatic carbocycles. The number of pyridine rings is 1. The van der Waals surface area contributed by atoms with Gasteiger partial charge in [0.2, 0.25) is 0 Å². The van der Waals surface area contributed by atoms with E-state index in [4.69, 9.17) is 0 Å². The van der Waals surface area contributed by atoms with Gasteiger partial charge in [-0.25, -0.2) is 0 Å². The Morgan fingerprint density at radius 3 is 2.76 bits per heavy atom. The second kappa shape index (κ2) is 5.04. The van der Waals surface area contributed by atoms with Gasteiger partial charge in [0, 0.05) is 18.4 Å². The summed E-state index contributed by atoms with van der Waals surface area (Å²) in [4.78, 5) is 3.67. The lowest BCUT2D eigenvalue weighted by Gasteiger charge is -2.23. The van der Waals surface area contributed by atoms with E-state index in [1.54, 1.807) is 0 Å². The summed E-state index contributed by atoms with van der Waals surface area (Å²) < 4.78 is 37.5. The maximum absolute atomic E-state index is 12.5. The number of nitrogens with one attached hydrogen (secondary N) is 1. The first kappa shape index (κ1) is 12.4. The zero-order valence-corrected chi connectivity index (χ0v) is 9.43. The summed E-state index contributed by atoms with van der Waals surface area (Å²) in [6.07, 6.45) is 2.03. The fraction of sp³-hybridized carbons (Fsp3) is 0.583. The molecular weight excluding hydrogens is 229 g/mol. The highest BCUT2D eigenvalue weighted by atomic mass is 19.4. The van der Waals surface area contributed by atoms with Gasteiger partial charge in [-0.2, -0.15) is 13.2 Å². The van der Waals surface area contributed by atoms with Crippen LogP contribution in [0.4, 0.5) is 13.2 Å². The van der Waals surface area contributed by atoms with Crippen LogP contribution in [0.3, 0.4) is 0 Å². The summed E-state index contributed by atoms with van der Waals surface area (Å²) >= 11 is 0. The SMILES string of the molecule is FC(F)(F)c1cncc(CC2CCCCN2)c1. The van der Waals surface area contributed by atoms with Crippen LogP contribution in [0.1, 0.15) is 30.4 Å². The van der Waals surface area contributed by atoms with Gasteiger partial charge in [-0.1, -0.05) is 6.42 Å². The Morgan fingerprint density at radius 1 is 1.29 bits per heavy atom. The van der Waals surface area contributed by atoms with Crippen molar-refractivity contribution in [3.63, 3.8) is 0 Å². The summed E-state index contributed by atoms with van der Waals surface area (Å²) in [6.45, 7) is 0.955. The number of rotatable bonds is 2. The molecule has 1 atom stereocenters. The second-order valence-electron chi connectivity index (χ2n) is 4.43. The lowest BCUT2D eigenvalue weighted by atomic mass is 9.98. The molecule has 1 aliphatic heterocycles. The number of hydrogen-bond acceptors (Lipinski definition) is 2. The molecular formula is C12H15F3N2. The van der Waals surface area contributed by atoms with Gasteiger partial charge in [-0.05, 0) is 37.4 Å². The van der Waals surface area contributed by atoms with Crippen LogP contribution in [0, 0.1) is 0 Å². The van der Waals surface area contributed by atoms with Crippen molar-refractivity contribution < 1.29 is 13.2 Å². The smallest absolute Gasteiger partial charge is 0.314 e. The van der Waals surface area contributed by atoms with Gasteiger partial charge in [0.1, 0.15) is 0 Å². The quantitative estimate of drug-likeness (QED) is 0.865. The minimum atomic E-state index is -4.30. The van der Waals surface area contributed by atoms with E-state index in [1.807, 2.05) is 0 Å². The lowest BCUT2D eigenvalue weighted by molar-refractivity contribution is -0.137. The Hall–Kier alpha value is -1.10. The van der Waals surface area contributed by atoms with Crippen LogP contribution >= 0.6 is 0 Å². The average Bonchev–Trinajstić information content (AvgIpc) is 2.29. The molecule has 0 amide bonds. The topological polar surface area (TPSA) is 24.9 Å². The Balaban J connectivity index is 2.05. The first-order chi connectivity index (χ1) is 8.05. The number of aromatic nitrogens is 1. The third kappa shape index (κ3) is 3.43. The normalized spacial score (nSPS) is 21.5. The van der Waals surface area contributed by atoms with E-state index in [2.05, 4.69) is 10.3 Å². The molecule has 1 aromatic rings. The van der Waals surface area contributed by atoms with E-state index in [1.165, 1.54) is 12.3 Å². The maximum atomic E-state index is 12.5. The van der Waals surface area contributed by atoms with Gasteiger partial charge in [0.05, 0.1) is 5.56 Å². The largest absolute Gasteiger partial charge is 0.417 e. The predicted octanol–water partition coefficient (Wildman–Crippen LogP) is 2.79. The minimum Gasteiger partial charge on any atom is -0.314 e. The molecule has 0 saturated carbocycles. The van der Waals surface area contributed by atoms with Crippen molar-refractivity contribution in [3.8, 4) is 0 Å². The Morgan fingerprint density at radius 2 is 2.12 bits per heavy atom. The van der Waals surface area contributed by atoms with E-state index in [-0.39, 0.29) is 6.04 Å². The first-order valence-corrected chi connectivity index (χ1v) is 5.80. The van der Waals surface area contributed by atoms with Gasteiger partial charge in [-0.3, -0.25) is 4.98 Å². The highest BCUT2D eigenvalue weighted by molar-refractivity contribution is 5.21. The Bertz CT molecular complexity index is 370. The zero-order valence-electron chi connectivity index (χ0n) is 9.43.